The summed E-state index contributed by atoms with van der Waals surface area (Å²) in [6.07, 6.45) is 9.81. The van der Waals surface area contributed by atoms with Crippen LogP contribution in [0, 0.1) is 34.5 Å². The number of carbonyl (C=O) groups excluding carboxylic acids is 1. The third kappa shape index (κ3) is 2.19. The minimum absolute atomic E-state index is 0.125. The number of carbonyl (C=O) groups is 1. The molecule has 4 saturated carbocycles. The number of fused-ring (bicyclic) bond motifs is 5. The summed E-state index contributed by atoms with van der Waals surface area (Å²) in [6, 6.07) is 0. The van der Waals surface area contributed by atoms with Crippen molar-refractivity contribution in [3.63, 3.8) is 0 Å². The van der Waals surface area contributed by atoms with E-state index >= 15 is 0 Å². The van der Waals surface area contributed by atoms with E-state index in [1.54, 1.807) is 0 Å². The normalized spacial score (nSPS) is 54.1. The van der Waals surface area contributed by atoms with E-state index in [4.69, 9.17) is 9.47 Å². The molecule has 4 aliphatic rings. The lowest BCUT2D eigenvalue weighted by molar-refractivity contribution is -0.186. The molecule has 4 aliphatic carbocycles. The first-order chi connectivity index (χ1) is 11.4. The van der Waals surface area contributed by atoms with E-state index < -0.39 is 0 Å². The Labute approximate surface area is 146 Å². The third-order valence-electron chi connectivity index (χ3n) is 8.82. The highest BCUT2D eigenvalue weighted by Crippen LogP contribution is 2.66. The Bertz CT molecular complexity index is 517. The molecule has 0 heterocycles. The lowest BCUT2D eigenvalue weighted by atomic mass is 9.44. The Morgan fingerprint density at radius 1 is 0.958 bits per heavy atom. The SMILES string of the molecule is COC1CCC2CCC3C4CCC(=O)C4(C)CC(OC)C3C2(C)C1. The second kappa shape index (κ2) is 5.81. The highest BCUT2D eigenvalue weighted by atomic mass is 16.5. The summed E-state index contributed by atoms with van der Waals surface area (Å²) in [7, 11) is 3.74. The summed E-state index contributed by atoms with van der Waals surface area (Å²) in [6.45, 7) is 4.76. The molecule has 0 aliphatic heterocycles. The zero-order valence-electron chi connectivity index (χ0n) is 15.8. The van der Waals surface area contributed by atoms with E-state index in [1.807, 2.05) is 14.2 Å². The Morgan fingerprint density at radius 2 is 1.71 bits per heavy atom. The van der Waals surface area contributed by atoms with Crippen molar-refractivity contribution in [2.75, 3.05) is 14.2 Å². The van der Waals surface area contributed by atoms with Crippen molar-refractivity contribution in [3.8, 4) is 0 Å². The first kappa shape index (κ1) is 17.0. The minimum Gasteiger partial charge on any atom is -0.381 e. The van der Waals surface area contributed by atoms with Gasteiger partial charge in [-0.25, -0.2) is 0 Å². The fourth-order valence-corrected chi connectivity index (χ4v) is 7.60. The van der Waals surface area contributed by atoms with Crippen LogP contribution in [0.5, 0.6) is 0 Å². The summed E-state index contributed by atoms with van der Waals surface area (Å²) in [4.78, 5) is 12.7. The number of hydrogen-bond acceptors (Lipinski definition) is 3. The fraction of sp³-hybridized carbons (Fsp3) is 0.952. The van der Waals surface area contributed by atoms with Crippen LogP contribution >= 0.6 is 0 Å². The van der Waals surface area contributed by atoms with Crippen LogP contribution in [0.3, 0.4) is 0 Å². The predicted molar refractivity (Wildman–Crippen MR) is 93.7 cm³/mol. The maximum absolute atomic E-state index is 12.7. The second-order valence-electron chi connectivity index (χ2n) is 9.57. The summed E-state index contributed by atoms with van der Waals surface area (Å²) >= 11 is 0. The summed E-state index contributed by atoms with van der Waals surface area (Å²) in [5.41, 5.74) is 0.190. The van der Waals surface area contributed by atoms with Gasteiger partial charge in [0.05, 0.1) is 12.2 Å². The Balaban J connectivity index is 1.71. The molecule has 0 aromatic rings. The molecule has 0 saturated heterocycles. The van der Waals surface area contributed by atoms with Gasteiger partial charge in [-0.2, -0.15) is 0 Å². The predicted octanol–water partition coefficient (Wildman–Crippen LogP) is 4.24. The molecule has 0 aromatic carbocycles. The number of methoxy groups -OCH3 is 2. The number of hydrogen-bond donors (Lipinski definition) is 0. The number of Topliss-reactive ketones (excluding diaryl/α,β-unsaturated/α-hetero) is 1. The van der Waals surface area contributed by atoms with Crippen molar-refractivity contribution < 1.29 is 14.3 Å². The topological polar surface area (TPSA) is 35.5 Å². The van der Waals surface area contributed by atoms with Crippen LogP contribution in [-0.4, -0.2) is 32.2 Å². The number of rotatable bonds is 2. The van der Waals surface area contributed by atoms with Gasteiger partial charge in [0.25, 0.3) is 0 Å². The first-order valence-corrected chi connectivity index (χ1v) is 10.0. The highest BCUT2D eigenvalue weighted by Gasteiger charge is 2.63. The van der Waals surface area contributed by atoms with Gasteiger partial charge in [-0.05, 0) is 74.0 Å². The lowest BCUT2D eigenvalue weighted by Gasteiger charge is -2.62. The molecule has 4 fully saturated rings. The van der Waals surface area contributed by atoms with Gasteiger partial charge in [-0.3, -0.25) is 4.79 Å². The van der Waals surface area contributed by atoms with Crippen LogP contribution in [0.2, 0.25) is 0 Å². The molecule has 0 spiro atoms. The quantitative estimate of drug-likeness (QED) is 0.758. The lowest BCUT2D eigenvalue weighted by Crippen LogP contribution is -2.60. The zero-order valence-corrected chi connectivity index (χ0v) is 15.8. The van der Waals surface area contributed by atoms with Gasteiger partial charge in [0.15, 0.2) is 0 Å². The van der Waals surface area contributed by atoms with Crippen LogP contribution in [0.25, 0.3) is 0 Å². The number of ether oxygens (including phenoxy) is 2. The average Bonchev–Trinajstić information content (AvgIpc) is 2.87. The van der Waals surface area contributed by atoms with Crippen molar-refractivity contribution in [2.45, 2.75) is 77.4 Å². The molecule has 3 nitrogen and oxygen atoms in total. The Morgan fingerprint density at radius 3 is 2.42 bits per heavy atom. The second-order valence-corrected chi connectivity index (χ2v) is 9.57. The van der Waals surface area contributed by atoms with Gasteiger partial charge in [0.2, 0.25) is 0 Å². The van der Waals surface area contributed by atoms with E-state index in [0.717, 1.165) is 25.2 Å². The molecule has 24 heavy (non-hydrogen) atoms. The van der Waals surface area contributed by atoms with Crippen LogP contribution in [0.1, 0.15) is 65.2 Å². The van der Waals surface area contributed by atoms with Gasteiger partial charge in [-0.1, -0.05) is 13.8 Å². The van der Waals surface area contributed by atoms with Gasteiger partial charge in [-0.15, -0.1) is 0 Å². The van der Waals surface area contributed by atoms with E-state index in [-0.39, 0.29) is 11.5 Å². The monoisotopic (exact) mass is 334 g/mol. The van der Waals surface area contributed by atoms with Crippen molar-refractivity contribution in [1.82, 2.24) is 0 Å². The van der Waals surface area contributed by atoms with E-state index in [2.05, 4.69) is 13.8 Å². The molecular formula is C21H34O3. The third-order valence-corrected chi connectivity index (χ3v) is 8.82. The molecule has 0 amide bonds. The molecule has 0 aromatic heterocycles. The van der Waals surface area contributed by atoms with Crippen molar-refractivity contribution in [2.24, 2.45) is 34.5 Å². The average molecular weight is 335 g/mol. The van der Waals surface area contributed by atoms with Crippen LogP contribution in [-0.2, 0) is 14.3 Å². The standard InChI is InChI=1S/C21H34O3/c1-20-11-14(23-3)7-5-13(20)6-8-15-16-9-10-18(22)21(16,2)12-17(24-4)19(15)20/h13-17,19H,5-12H2,1-4H3. The molecule has 8 unspecified atom stereocenters. The van der Waals surface area contributed by atoms with Crippen LogP contribution in [0.15, 0.2) is 0 Å². The minimum atomic E-state index is -0.125. The van der Waals surface area contributed by atoms with Crippen LogP contribution in [0.4, 0.5) is 0 Å². The molecule has 4 rings (SSSR count). The van der Waals surface area contributed by atoms with Crippen molar-refractivity contribution in [3.05, 3.63) is 0 Å². The summed E-state index contributed by atoms with van der Waals surface area (Å²) < 4.78 is 11.9. The fourth-order valence-electron chi connectivity index (χ4n) is 7.60. The maximum Gasteiger partial charge on any atom is 0.139 e. The molecule has 3 heteroatoms. The molecule has 0 bridgehead atoms. The molecule has 136 valence electrons. The summed E-state index contributed by atoms with van der Waals surface area (Å²) in [5.74, 6) is 3.16. The van der Waals surface area contributed by atoms with Gasteiger partial charge in [0, 0.05) is 26.1 Å². The molecule has 8 atom stereocenters. The van der Waals surface area contributed by atoms with Crippen molar-refractivity contribution in [1.29, 1.82) is 0 Å². The van der Waals surface area contributed by atoms with Crippen molar-refractivity contribution >= 4 is 5.78 Å². The van der Waals surface area contributed by atoms with Gasteiger partial charge < -0.3 is 9.47 Å². The van der Waals surface area contributed by atoms with E-state index in [0.29, 0.717) is 35.1 Å². The first-order valence-electron chi connectivity index (χ1n) is 10.0. The Hall–Kier alpha value is -0.410. The number of ketones is 1. The van der Waals surface area contributed by atoms with E-state index in [9.17, 15) is 4.79 Å². The maximum atomic E-state index is 12.7. The Kier molecular flexibility index (Phi) is 4.12. The largest absolute Gasteiger partial charge is 0.381 e. The van der Waals surface area contributed by atoms with Gasteiger partial charge in [0.1, 0.15) is 5.78 Å². The molecular weight excluding hydrogens is 300 g/mol. The van der Waals surface area contributed by atoms with Gasteiger partial charge >= 0.3 is 0 Å². The highest BCUT2D eigenvalue weighted by molar-refractivity contribution is 5.87. The molecule has 0 radical (unpaired) electrons. The summed E-state index contributed by atoms with van der Waals surface area (Å²) in [5, 5.41) is 0. The van der Waals surface area contributed by atoms with Crippen LogP contribution < -0.4 is 0 Å². The molecule has 0 N–H and O–H groups in total. The smallest absolute Gasteiger partial charge is 0.139 e. The van der Waals surface area contributed by atoms with E-state index in [1.165, 1.54) is 32.1 Å². The zero-order chi connectivity index (χ0) is 17.1.